The van der Waals surface area contributed by atoms with Crippen LogP contribution in [0, 0.1) is 17.2 Å². The molecule has 1 amide bonds. The van der Waals surface area contributed by atoms with Crippen molar-refractivity contribution in [1.82, 2.24) is 15.3 Å². The Morgan fingerprint density at radius 3 is 2.41 bits per heavy atom. The lowest BCUT2D eigenvalue weighted by atomic mass is 9.92. The standard InChI is InChI=1S/C26H31F3N6O2/c27-26(28,29)25-32-22(34-12-8-18(9-13-34)2-1-15-36)16-23(33-25)35-14-10-21(35)24(37)31-11-7-19-3-5-20(17-30)6-4-19/h3-6,16,18,21,36H,1-2,7-15H2,(H,31,37)/t21-/m0/s1. The zero-order valence-electron chi connectivity index (χ0n) is 20.5. The van der Waals surface area contributed by atoms with Gasteiger partial charge in [0, 0.05) is 38.9 Å². The van der Waals surface area contributed by atoms with Gasteiger partial charge in [0.2, 0.25) is 11.7 Å². The van der Waals surface area contributed by atoms with Crippen LogP contribution in [0.3, 0.4) is 0 Å². The zero-order chi connectivity index (χ0) is 26.4. The van der Waals surface area contributed by atoms with E-state index in [4.69, 9.17) is 10.4 Å². The second kappa shape index (κ2) is 11.8. The number of hydrogen-bond acceptors (Lipinski definition) is 7. The Labute approximate surface area is 214 Å². The number of nitrogens with one attached hydrogen (secondary N) is 1. The van der Waals surface area contributed by atoms with E-state index in [-0.39, 0.29) is 24.1 Å². The second-order valence-electron chi connectivity index (χ2n) is 9.55. The SMILES string of the molecule is N#Cc1ccc(CCNC(=O)[C@@H]2CCN2c2cc(N3CCC(CCCO)CC3)nc(C(F)(F)F)n2)cc1. The molecule has 2 aromatic rings. The molecule has 3 heterocycles. The molecular formula is C26H31F3N6O2. The molecule has 2 aliphatic heterocycles. The van der Waals surface area contributed by atoms with E-state index < -0.39 is 18.0 Å². The van der Waals surface area contributed by atoms with Crippen molar-refractivity contribution in [2.45, 2.75) is 50.7 Å². The van der Waals surface area contributed by atoms with Crippen LogP contribution in [0.1, 0.15) is 49.1 Å². The number of aliphatic hydroxyl groups excluding tert-OH is 1. The van der Waals surface area contributed by atoms with E-state index in [9.17, 15) is 18.0 Å². The molecule has 1 aromatic carbocycles. The molecule has 1 aromatic heterocycles. The van der Waals surface area contributed by atoms with Crippen LogP contribution in [0.2, 0.25) is 0 Å². The number of benzene rings is 1. The average molecular weight is 517 g/mol. The molecule has 0 aliphatic carbocycles. The van der Waals surface area contributed by atoms with Crippen molar-refractivity contribution in [1.29, 1.82) is 5.26 Å². The number of aliphatic hydroxyl groups is 1. The minimum absolute atomic E-state index is 0.109. The number of carbonyl (C=O) groups excluding carboxylic acids is 1. The van der Waals surface area contributed by atoms with Crippen LogP contribution in [-0.4, -0.2) is 59.8 Å². The fourth-order valence-electron chi connectivity index (χ4n) is 4.82. The Hall–Kier alpha value is -3.39. The van der Waals surface area contributed by atoms with Crippen molar-refractivity contribution in [3.05, 3.63) is 47.3 Å². The molecule has 2 N–H and O–H groups in total. The molecule has 11 heteroatoms. The number of halogens is 3. The smallest absolute Gasteiger partial charge is 0.396 e. The van der Waals surface area contributed by atoms with Crippen LogP contribution < -0.4 is 15.1 Å². The summed E-state index contributed by atoms with van der Waals surface area (Å²) in [7, 11) is 0. The zero-order valence-corrected chi connectivity index (χ0v) is 20.5. The highest BCUT2D eigenvalue weighted by Gasteiger charge is 2.40. The van der Waals surface area contributed by atoms with Gasteiger partial charge in [-0.25, -0.2) is 9.97 Å². The van der Waals surface area contributed by atoms with Crippen LogP contribution in [-0.2, 0) is 17.4 Å². The van der Waals surface area contributed by atoms with Gasteiger partial charge in [0.15, 0.2) is 0 Å². The van der Waals surface area contributed by atoms with Gasteiger partial charge in [-0.3, -0.25) is 4.79 Å². The van der Waals surface area contributed by atoms with Crippen molar-refractivity contribution < 1.29 is 23.1 Å². The largest absolute Gasteiger partial charge is 0.451 e. The first-order chi connectivity index (χ1) is 17.8. The number of alkyl halides is 3. The number of nitrogens with zero attached hydrogens (tertiary/aromatic N) is 5. The van der Waals surface area contributed by atoms with Gasteiger partial charge < -0.3 is 20.2 Å². The maximum atomic E-state index is 13.7. The average Bonchev–Trinajstić information content (AvgIpc) is 2.87. The molecule has 8 nitrogen and oxygen atoms in total. The first-order valence-electron chi connectivity index (χ1n) is 12.6. The maximum Gasteiger partial charge on any atom is 0.451 e. The third-order valence-corrected chi connectivity index (χ3v) is 7.07. The van der Waals surface area contributed by atoms with Gasteiger partial charge in [-0.05, 0) is 62.1 Å². The first kappa shape index (κ1) is 26.7. The first-order valence-corrected chi connectivity index (χ1v) is 12.6. The molecule has 37 heavy (non-hydrogen) atoms. The van der Waals surface area contributed by atoms with Crippen LogP contribution in [0.25, 0.3) is 0 Å². The Kier molecular flexibility index (Phi) is 8.48. The molecule has 0 saturated carbocycles. The van der Waals surface area contributed by atoms with E-state index in [2.05, 4.69) is 21.4 Å². The summed E-state index contributed by atoms with van der Waals surface area (Å²) in [5.41, 5.74) is 1.53. The summed E-state index contributed by atoms with van der Waals surface area (Å²) in [5, 5.41) is 20.8. The summed E-state index contributed by atoms with van der Waals surface area (Å²) in [5.74, 6) is -0.671. The minimum atomic E-state index is -4.70. The fraction of sp³-hybridized carbons (Fsp3) is 0.538. The number of piperidine rings is 1. The van der Waals surface area contributed by atoms with Gasteiger partial charge in [0.25, 0.3) is 0 Å². The monoisotopic (exact) mass is 516 g/mol. The third kappa shape index (κ3) is 6.68. The van der Waals surface area contributed by atoms with E-state index in [1.54, 1.807) is 23.1 Å². The van der Waals surface area contributed by atoms with Gasteiger partial charge in [-0.15, -0.1) is 0 Å². The molecule has 198 valence electrons. The van der Waals surface area contributed by atoms with Gasteiger partial charge >= 0.3 is 6.18 Å². The number of anilines is 2. The molecule has 0 spiro atoms. The van der Waals surface area contributed by atoms with E-state index >= 15 is 0 Å². The summed E-state index contributed by atoms with van der Waals surface area (Å²) in [6.45, 7) is 2.13. The predicted octanol–water partition coefficient (Wildman–Crippen LogP) is 3.29. The lowest BCUT2D eigenvalue weighted by Gasteiger charge is -2.41. The fourth-order valence-corrected chi connectivity index (χ4v) is 4.82. The number of carbonyl (C=O) groups is 1. The molecule has 0 bridgehead atoms. The van der Waals surface area contributed by atoms with Crippen LogP contribution in [0.4, 0.5) is 24.8 Å². The van der Waals surface area contributed by atoms with Crippen LogP contribution >= 0.6 is 0 Å². The highest BCUT2D eigenvalue weighted by atomic mass is 19.4. The molecule has 4 rings (SSSR count). The second-order valence-corrected chi connectivity index (χ2v) is 9.55. The summed E-state index contributed by atoms with van der Waals surface area (Å²) >= 11 is 0. The molecule has 0 unspecified atom stereocenters. The quantitative estimate of drug-likeness (QED) is 0.527. The molecule has 2 saturated heterocycles. The number of amides is 1. The van der Waals surface area contributed by atoms with E-state index in [1.165, 1.54) is 0 Å². The molecule has 2 aliphatic rings. The van der Waals surface area contributed by atoms with E-state index in [1.807, 2.05) is 17.0 Å². The van der Waals surface area contributed by atoms with Gasteiger partial charge in [0.05, 0.1) is 11.6 Å². The molecule has 1 atom stereocenters. The Morgan fingerprint density at radius 1 is 1.11 bits per heavy atom. The van der Waals surface area contributed by atoms with Crippen molar-refractivity contribution >= 4 is 17.5 Å². The minimum Gasteiger partial charge on any atom is -0.396 e. The Morgan fingerprint density at radius 2 is 1.81 bits per heavy atom. The third-order valence-electron chi connectivity index (χ3n) is 7.07. The topological polar surface area (TPSA) is 105 Å². The lowest BCUT2D eigenvalue weighted by Crippen LogP contribution is -2.57. The molecular weight excluding hydrogens is 485 g/mol. The van der Waals surface area contributed by atoms with Crippen LogP contribution in [0.15, 0.2) is 30.3 Å². The highest BCUT2D eigenvalue weighted by Crippen LogP contribution is 2.34. The van der Waals surface area contributed by atoms with Crippen molar-refractivity contribution in [2.24, 2.45) is 5.92 Å². The molecule has 0 radical (unpaired) electrons. The normalized spacial score (nSPS) is 18.3. The molecule has 2 fully saturated rings. The summed E-state index contributed by atoms with van der Waals surface area (Å²) in [4.78, 5) is 23.9. The number of nitriles is 1. The summed E-state index contributed by atoms with van der Waals surface area (Å²) in [6.07, 6.45) is -0.305. The number of rotatable bonds is 9. The number of hydrogen-bond donors (Lipinski definition) is 2. The highest BCUT2D eigenvalue weighted by molar-refractivity contribution is 5.86. The number of aromatic nitrogens is 2. The van der Waals surface area contributed by atoms with Gasteiger partial charge in [0.1, 0.15) is 17.7 Å². The van der Waals surface area contributed by atoms with Crippen molar-refractivity contribution in [2.75, 3.05) is 42.6 Å². The van der Waals surface area contributed by atoms with Crippen LogP contribution in [0.5, 0.6) is 0 Å². The van der Waals surface area contributed by atoms with Gasteiger partial charge in [-0.2, -0.15) is 18.4 Å². The lowest BCUT2D eigenvalue weighted by molar-refractivity contribution is -0.144. The Balaban J connectivity index is 1.41. The van der Waals surface area contributed by atoms with Gasteiger partial charge in [-0.1, -0.05) is 12.1 Å². The Bertz CT molecular complexity index is 1110. The summed E-state index contributed by atoms with van der Waals surface area (Å²) in [6, 6.07) is 10.1. The van der Waals surface area contributed by atoms with E-state index in [0.29, 0.717) is 50.5 Å². The van der Waals surface area contributed by atoms with Crippen molar-refractivity contribution in [3.8, 4) is 6.07 Å². The van der Waals surface area contributed by atoms with Crippen molar-refractivity contribution in [3.63, 3.8) is 0 Å². The summed E-state index contributed by atoms with van der Waals surface area (Å²) < 4.78 is 41.0. The maximum absolute atomic E-state index is 13.7. The van der Waals surface area contributed by atoms with E-state index in [0.717, 1.165) is 31.2 Å². The predicted molar refractivity (Wildman–Crippen MR) is 132 cm³/mol.